The lowest BCUT2D eigenvalue weighted by atomic mass is 10.0. The normalized spacial score (nSPS) is 12.3. The smallest absolute Gasteiger partial charge is 0.0948 e. The van der Waals surface area contributed by atoms with E-state index in [1.165, 1.54) is 11.1 Å². The number of rotatable bonds is 6. The summed E-state index contributed by atoms with van der Waals surface area (Å²) in [7, 11) is 2.06. The summed E-state index contributed by atoms with van der Waals surface area (Å²) in [5, 5.41) is 0. The molecule has 0 aliphatic rings. The zero-order valence-corrected chi connectivity index (χ0v) is 13.4. The highest BCUT2D eigenvalue weighted by Gasteiger charge is 2.20. The summed E-state index contributed by atoms with van der Waals surface area (Å²) in [4.78, 5) is 2.70. The van der Waals surface area contributed by atoms with Crippen LogP contribution >= 0.6 is 12.2 Å². The third-order valence-electron chi connectivity index (χ3n) is 3.69. The summed E-state index contributed by atoms with van der Waals surface area (Å²) in [5.41, 5.74) is 9.72. The van der Waals surface area contributed by atoms with E-state index in [4.69, 9.17) is 18.0 Å². The Morgan fingerprint density at radius 2 is 1.67 bits per heavy atom. The molecule has 0 saturated heterocycles. The van der Waals surface area contributed by atoms with Crippen LogP contribution in [0.3, 0.4) is 0 Å². The second kappa shape index (κ2) is 7.34. The molecule has 0 fully saturated rings. The summed E-state index contributed by atoms with van der Waals surface area (Å²) >= 11 is 5.29. The molecule has 0 aliphatic carbocycles. The Bertz CT molecular complexity index is 578. The molecule has 0 spiro atoms. The fourth-order valence-electron chi connectivity index (χ4n) is 2.53. The molecular formula is C18H22N2S. The van der Waals surface area contributed by atoms with Crippen LogP contribution in [0.2, 0.25) is 0 Å². The van der Waals surface area contributed by atoms with Gasteiger partial charge in [-0.3, -0.25) is 4.90 Å². The van der Waals surface area contributed by atoms with Crippen LogP contribution in [0.5, 0.6) is 0 Å². The van der Waals surface area contributed by atoms with E-state index in [9.17, 15) is 0 Å². The first-order valence-corrected chi connectivity index (χ1v) is 7.65. The summed E-state index contributed by atoms with van der Waals surface area (Å²) in [6, 6.07) is 18.9. The Hall–Kier alpha value is -1.71. The second-order valence-electron chi connectivity index (χ2n) is 5.30. The van der Waals surface area contributed by atoms with Gasteiger partial charge in [0.25, 0.3) is 0 Å². The number of aryl methyl sites for hydroxylation is 1. The van der Waals surface area contributed by atoms with Gasteiger partial charge in [-0.2, -0.15) is 0 Å². The number of benzene rings is 2. The van der Waals surface area contributed by atoms with Crippen molar-refractivity contribution in [2.75, 3.05) is 7.05 Å². The topological polar surface area (TPSA) is 29.3 Å². The van der Waals surface area contributed by atoms with Crippen LogP contribution in [0.1, 0.15) is 29.7 Å². The molecule has 3 heteroatoms. The highest BCUT2D eigenvalue weighted by molar-refractivity contribution is 7.80. The van der Waals surface area contributed by atoms with Gasteiger partial charge in [0.15, 0.2) is 0 Å². The first kappa shape index (κ1) is 15.7. The Kier molecular flexibility index (Phi) is 5.48. The lowest BCUT2D eigenvalue weighted by Crippen LogP contribution is -2.33. The summed E-state index contributed by atoms with van der Waals surface area (Å²) in [6.07, 6.45) is 1.04. The van der Waals surface area contributed by atoms with Gasteiger partial charge in [-0.1, -0.05) is 73.7 Å². The highest BCUT2D eigenvalue weighted by Crippen LogP contribution is 2.22. The zero-order chi connectivity index (χ0) is 15.2. The molecule has 0 aliphatic heterocycles. The van der Waals surface area contributed by atoms with Gasteiger partial charge in [0.1, 0.15) is 0 Å². The van der Waals surface area contributed by atoms with E-state index >= 15 is 0 Å². The molecule has 0 saturated carbocycles. The van der Waals surface area contributed by atoms with Crippen molar-refractivity contribution >= 4 is 17.2 Å². The Morgan fingerprint density at radius 1 is 1.05 bits per heavy atom. The zero-order valence-electron chi connectivity index (χ0n) is 12.6. The Labute approximate surface area is 132 Å². The molecule has 2 nitrogen and oxygen atoms in total. The molecular weight excluding hydrogens is 276 g/mol. The first-order chi connectivity index (χ1) is 10.1. The molecule has 0 aromatic heterocycles. The molecule has 0 bridgehead atoms. The van der Waals surface area contributed by atoms with E-state index in [1.54, 1.807) is 0 Å². The van der Waals surface area contributed by atoms with Crippen LogP contribution in [-0.2, 0) is 13.0 Å². The minimum absolute atomic E-state index is 0.0360. The molecule has 1 unspecified atom stereocenters. The van der Waals surface area contributed by atoms with Crippen molar-refractivity contribution in [2.45, 2.75) is 25.9 Å². The lowest BCUT2D eigenvalue weighted by molar-refractivity contribution is 0.293. The van der Waals surface area contributed by atoms with Gasteiger partial charge >= 0.3 is 0 Å². The van der Waals surface area contributed by atoms with Gasteiger partial charge < -0.3 is 5.73 Å². The van der Waals surface area contributed by atoms with Gasteiger partial charge in [-0.25, -0.2) is 0 Å². The molecule has 21 heavy (non-hydrogen) atoms. The lowest BCUT2D eigenvalue weighted by Gasteiger charge is -2.27. The molecule has 110 valence electrons. The minimum atomic E-state index is -0.0360. The largest absolute Gasteiger partial charge is 0.392 e. The minimum Gasteiger partial charge on any atom is -0.392 e. The van der Waals surface area contributed by atoms with E-state index in [1.807, 2.05) is 6.07 Å². The molecule has 1 atom stereocenters. The third kappa shape index (κ3) is 4.13. The Balaban J connectivity index is 2.19. The van der Waals surface area contributed by atoms with E-state index in [-0.39, 0.29) is 6.04 Å². The van der Waals surface area contributed by atoms with Gasteiger partial charge in [0, 0.05) is 6.54 Å². The number of thiocarbonyl (C=S) groups is 1. The van der Waals surface area contributed by atoms with Crippen molar-refractivity contribution in [2.24, 2.45) is 5.73 Å². The van der Waals surface area contributed by atoms with Crippen molar-refractivity contribution in [3.63, 3.8) is 0 Å². The van der Waals surface area contributed by atoms with Crippen LogP contribution in [-0.4, -0.2) is 16.9 Å². The summed E-state index contributed by atoms with van der Waals surface area (Å²) in [5.74, 6) is 0. The van der Waals surface area contributed by atoms with E-state index in [0.717, 1.165) is 18.5 Å². The predicted molar refractivity (Wildman–Crippen MR) is 93.3 cm³/mol. The number of hydrogen-bond acceptors (Lipinski definition) is 2. The van der Waals surface area contributed by atoms with Crippen LogP contribution in [0.15, 0.2) is 54.6 Å². The van der Waals surface area contributed by atoms with Gasteiger partial charge in [-0.15, -0.1) is 0 Å². The van der Waals surface area contributed by atoms with Crippen LogP contribution in [0.4, 0.5) is 0 Å². The summed E-state index contributed by atoms with van der Waals surface area (Å²) in [6.45, 7) is 2.97. The molecule has 0 amide bonds. The molecule has 2 rings (SSSR count). The van der Waals surface area contributed by atoms with Crippen molar-refractivity contribution in [1.82, 2.24) is 4.90 Å². The fraction of sp³-hybridized carbons (Fsp3) is 0.278. The maximum atomic E-state index is 5.98. The van der Waals surface area contributed by atoms with Crippen molar-refractivity contribution < 1.29 is 0 Å². The average molecular weight is 298 g/mol. The standard InChI is InChI=1S/C18H22N2S/c1-3-14-9-11-16(12-10-14)17(18(19)21)20(2)13-15-7-5-4-6-8-15/h4-12,17H,3,13H2,1-2H3,(H2,19,21). The van der Waals surface area contributed by atoms with E-state index in [0.29, 0.717) is 4.99 Å². The monoisotopic (exact) mass is 298 g/mol. The molecule has 2 aromatic carbocycles. The number of likely N-dealkylation sites (N-methyl/N-ethyl adjacent to an activating group) is 1. The molecule has 2 aromatic rings. The van der Waals surface area contributed by atoms with Crippen LogP contribution in [0.25, 0.3) is 0 Å². The molecule has 0 radical (unpaired) electrons. The van der Waals surface area contributed by atoms with Crippen LogP contribution < -0.4 is 5.73 Å². The predicted octanol–water partition coefficient (Wildman–Crippen LogP) is 3.71. The molecule has 2 N–H and O–H groups in total. The van der Waals surface area contributed by atoms with E-state index < -0.39 is 0 Å². The quantitative estimate of drug-likeness (QED) is 0.824. The maximum Gasteiger partial charge on any atom is 0.0948 e. The van der Waals surface area contributed by atoms with Crippen molar-refractivity contribution in [3.8, 4) is 0 Å². The second-order valence-corrected chi connectivity index (χ2v) is 5.77. The fourth-order valence-corrected chi connectivity index (χ4v) is 2.85. The average Bonchev–Trinajstić information content (AvgIpc) is 2.49. The van der Waals surface area contributed by atoms with Crippen LogP contribution in [0, 0.1) is 0 Å². The maximum absolute atomic E-state index is 5.98. The van der Waals surface area contributed by atoms with Gasteiger partial charge in [0.05, 0.1) is 11.0 Å². The van der Waals surface area contributed by atoms with Gasteiger partial charge in [-0.05, 0) is 30.2 Å². The highest BCUT2D eigenvalue weighted by atomic mass is 32.1. The van der Waals surface area contributed by atoms with Crippen molar-refractivity contribution in [1.29, 1.82) is 0 Å². The Morgan fingerprint density at radius 3 is 2.19 bits per heavy atom. The summed E-state index contributed by atoms with van der Waals surface area (Å²) < 4.78 is 0. The SMILES string of the molecule is CCc1ccc(C(C(N)=S)N(C)Cc2ccccc2)cc1. The van der Waals surface area contributed by atoms with E-state index in [2.05, 4.69) is 67.4 Å². The third-order valence-corrected chi connectivity index (χ3v) is 3.91. The number of nitrogens with two attached hydrogens (primary N) is 1. The van der Waals surface area contributed by atoms with Gasteiger partial charge in [0.2, 0.25) is 0 Å². The van der Waals surface area contributed by atoms with Crippen molar-refractivity contribution in [3.05, 3.63) is 71.3 Å². The first-order valence-electron chi connectivity index (χ1n) is 7.24. The number of hydrogen-bond donors (Lipinski definition) is 1. The molecule has 0 heterocycles. The number of nitrogens with zero attached hydrogens (tertiary/aromatic N) is 1.